The topological polar surface area (TPSA) is 274 Å². The van der Waals surface area contributed by atoms with E-state index in [0.29, 0.717) is 38.0 Å². The average Bonchev–Trinajstić information content (AvgIpc) is 0.875. The van der Waals surface area contributed by atoms with Gasteiger partial charge in [0, 0.05) is 5.88 Å². The van der Waals surface area contributed by atoms with Crippen molar-refractivity contribution in [1.82, 2.24) is 14.7 Å². The third-order valence-electron chi connectivity index (χ3n) is 15.4. The van der Waals surface area contributed by atoms with E-state index >= 15 is 0 Å². The number of methoxy groups -OCH3 is 3. The van der Waals surface area contributed by atoms with Gasteiger partial charge in [-0.2, -0.15) is 0 Å². The highest BCUT2D eigenvalue weighted by molar-refractivity contribution is 6.17. The second-order valence-corrected chi connectivity index (χ2v) is 23.5. The standard InChI is InChI=1S/C26H32ClNO6.C26H33NO6.C25H32N2O6.8CH4.ClH/c1-32-26(31)23(15-9-4-10-16-27)28(17-24(29)33-19-21-11-5-2-6-12-21)18-25(30)34-20-22-13-7-3-8-14-22;1-3-4-7-16-23(26(30)31-2)27(17-24(28)32-19-21-12-8-5-9-13-21)18-25(29)33-20-22-14-10-6-11-15-22;1-31-25(30)22(14-8-9-15-26)27(16-23(28)32-18-20-10-4-2-5-11-20)17-24(29)33-19-21-12-6-3-7-13-21;;;;;;;;;/h2-3,5-8,11-14,23H,4,9-10,15-20H2,1H3;5-6,8-15,23H,3-4,7,16-20H2,1-2H3;2-7,10-13,22H,8-9,14-19,26H2,1H3;8*1H4;1H/t2*23-;22-;;;;;;;;;/m000........./s1. The van der Waals surface area contributed by atoms with E-state index in [0.717, 1.165) is 78.5 Å². The molecule has 0 saturated heterocycles. The second kappa shape index (κ2) is 68.3. The van der Waals surface area contributed by atoms with Crippen LogP contribution >= 0.6 is 11.6 Å². The van der Waals surface area contributed by atoms with Gasteiger partial charge in [-0.3, -0.25) is 57.9 Å². The number of ether oxygens (including phenoxy) is 9. The predicted molar refractivity (Wildman–Crippen MR) is 428 cm³/mol. The zero-order valence-electron chi connectivity index (χ0n) is 58.4. The molecule has 3 atom stereocenters. The fourth-order valence-electron chi connectivity index (χ4n) is 9.99. The van der Waals surface area contributed by atoms with Crippen molar-refractivity contribution < 1.29 is 104 Å². The summed E-state index contributed by atoms with van der Waals surface area (Å²) >= 11 is 5.75. The molecule has 0 aliphatic heterocycles. The van der Waals surface area contributed by atoms with Gasteiger partial charge in [0.2, 0.25) is 0 Å². The molecule has 0 heterocycles. The van der Waals surface area contributed by atoms with E-state index in [1.807, 2.05) is 182 Å². The van der Waals surface area contributed by atoms with Crippen LogP contribution in [0, 0.1) is 0 Å². The number of rotatable bonds is 43. The molecule has 3 N–H and O–H groups in total. The Labute approximate surface area is 663 Å². The highest BCUT2D eigenvalue weighted by atomic mass is 35.5. The minimum Gasteiger partial charge on any atom is -1.00 e. The molecule has 0 amide bonds. The Balaban J connectivity index is -0.000000351. The van der Waals surface area contributed by atoms with Crippen molar-refractivity contribution in [1.29, 1.82) is 0 Å². The zero-order chi connectivity index (χ0) is 72.4. The lowest BCUT2D eigenvalue weighted by Crippen LogP contribution is -3.00. The van der Waals surface area contributed by atoms with Crippen molar-refractivity contribution in [3.05, 3.63) is 215 Å². The number of hydrogen-bond acceptors (Lipinski definition) is 21. The number of hydrogen-bond donors (Lipinski definition) is 1. The lowest BCUT2D eigenvalue weighted by atomic mass is 10.1. The first-order valence-electron chi connectivity index (χ1n) is 33.6. The molecule has 0 aromatic heterocycles. The van der Waals surface area contributed by atoms with Crippen LogP contribution in [-0.2, 0) is 125 Å². The third kappa shape index (κ3) is 48.2. The van der Waals surface area contributed by atoms with Gasteiger partial charge in [-0.05, 0) is 71.9 Å². The molecule has 0 aliphatic rings. The summed E-state index contributed by atoms with van der Waals surface area (Å²) in [6.07, 6.45) is 7.85. The van der Waals surface area contributed by atoms with Crippen LogP contribution in [-0.4, -0.2) is 160 Å². The summed E-state index contributed by atoms with van der Waals surface area (Å²) in [5.74, 6) is -4.21. The molecule has 612 valence electrons. The van der Waals surface area contributed by atoms with E-state index in [-0.39, 0.29) is 151 Å². The summed E-state index contributed by atoms with van der Waals surface area (Å²) in [4.78, 5) is 117. The normalized spacial score (nSPS) is 10.7. The second-order valence-electron chi connectivity index (χ2n) is 23.1. The lowest BCUT2D eigenvalue weighted by molar-refractivity contribution is -0.368. The minimum absolute atomic E-state index is 0. The van der Waals surface area contributed by atoms with E-state index in [9.17, 15) is 43.2 Å². The maximum atomic E-state index is 12.6. The molecule has 0 spiro atoms. The Morgan fingerprint density at radius 1 is 0.312 bits per heavy atom. The Bertz CT molecular complexity index is 2980. The van der Waals surface area contributed by atoms with Gasteiger partial charge in [-0.1, -0.05) is 280 Å². The van der Waals surface area contributed by atoms with Crippen LogP contribution in [0.3, 0.4) is 0 Å². The Hall–Kier alpha value is -9.03. The SMILES string of the molecule is C.C.C.C.C.C.C.C.CCCCC[C@@H](C(=O)OC)N(CC(=O)OCc1ccccc1)CC(=O)OCc1ccccc1.COC(=O)[C@H](CCCCCCl)N(CC(=O)OCc1ccccc1)CC(=O)OCc1ccccc1.COC(=O)[C@H](CCCC[NH3+])N(CC(=O)OCc1ccccc1)CC(=O)OCc1ccccc1.[Cl-]. The summed E-state index contributed by atoms with van der Waals surface area (Å²) in [5.41, 5.74) is 8.90. The number of carbonyl (C=O) groups is 9. The minimum atomic E-state index is -0.783. The fraction of sp³-hybridized carbons (Fsp3) is 0.471. The Kier molecular flexibility index (Phi) is 69.4. The number of halogens is 2. The summed E-state index contributed by atoms with van der Waals surface area (Å²) in [5, 5.41) is 0. The molecule has 0 aliphatic carbocycles. The molecule has 109 heavy (non-hydrogen) atoms. The van der Waals surface area contributed by atoms with Crippen molar-refractivity contribution in [2.45, 2.75) is 195 Å². The molecule has 6 aromatic rings. The summed E-state index contributed by atoms with van der Waals surface area (Å²) < 4.78 is 47.1. The Morgan fingerprint density at radius 3 is 0.679 bits per heavy atom. The van der Waals surface area contributed by atoms with Crippen molar-refractivity contribution in [2.75, 3.05) is 73.0 Å². The van der Waals surface area contributed by atoms with Gasteiger partial charge in [0.1, 0.15) is 57.8 Å². The highest BCUT2D eigenvalue weighted by Crippen LogP contribution is 2.18. The summed E-state index contributed by atoms with van der Waals surface area (Å²) in [6.45, 7) is 2.02. The fourth-order valence-corrected chi connectivity index (χ4v) is 10.2. The van der Waals surface area contributed by atoms with Crippen LogP contribution in [0.25, 0.3) is 0 Å². The van der Waals surface area contributed by atoms with Gasteiger partial charge in [-0.15, -0.1) is 11.6 Å². The van der Waals surface area contributed by atoms with E-state index in [4.69, 9.17) is 54.2 Å². The summed E-state index contributed by atoms with van der Waals surface area (Å²) in [7, 11) is 3.87. The van der Waals surface area contributed by atoms with E-state index in [2.05, 4.69) is 12.7 Å². The molecule has 0 unspecified atom stereocenters. The van der Waals surface area contributed by atoms with Crippen LogP contribution in [0.1, 0.15) is 170 Å². The number of quaternary nitrogens is 1. The van der Waals surface area contributed by atoms with Crippen LogP contribution in [0.15, 0.2) is 182 Å². The number of unbranched alkanes of at least 4 members (excludes halogenated alkanes) is 5. The van der Waals surface area contributed by atoms with Gasteiger partial charge >= 0.3 is 53.7 Å². The van der Waals surface area contributed by atoms with Crippen LogP contribution in [0.5, 0.6) is 0 Å². The maximum Gasteiger partial charge on any atom is 0.323 e. The van der Waals surface area contributed by atoms with E-state index in [1.54, 1.807) is 0 Å². The van der Waals surface area contributed by atoms with Gasteiger partial charge in [0.05, 0.1) is 67.1 Å². The molecule has 24 heteroatoms. The lowest BCUT2D eigenvalue weighted by Gasteiger charge is -2.28. The predicted octanol–water partition coefficient (Wildman–Crippen LogP) is 11.8. The third-order valence-corrected chi connectivity index (χ3v) is 15.6. The number of nitrogens with zero attached hydrogens (tertiary/aromatic N) is 3. The molecule has 22 nitrogen and oxygen atoms in total. The van der Waals surface area contributed by atoms with E-state index in [1.165, 1.54) is 36.0 Å². The summed E-state index contributed by atoms with van der Waals surface area (Å²) in [6, 6.07) is 53.5. The van der Waals surface area contributed by atoms with Crippen molar-refractivity contribution in [3.8, 4) is 0 Å². The molecule has 6 aromatic carbocycles. The monoisotopic (exact) mass is 1560 g/mol. The average molecular weight is 1570 g/mol. The number of alkyl halides is 1. The zero-order valence-corrected chi connectivity index (χ0v) is 59.9. The number of benzene rings is 6. The van der Waals surface area contributed by atoms with Gasteiger partial charge in [0.25, 0.3) is 0 Å². The smallest absolute Gasteiger partial charge is 0.323 e. The van der Waals surface area contributed by atoms with Gasteiger partial charge in [-0.25, -0.2) is 0 Å². The number of esters is 9. The molecule has 6 rings (SSSR count). The van der Waals surface area contributed by atoms with Gasteiger partial charge in [0.15, 0.2) is 0 Å². The van der Waals surface area contributed by atoms with E-state index < -0.39 is 71.8 Å². The molecular weight excluding hydrogens is 1440 g/mol. The van der Waals surface area contributed by atoms with Gasteiger partial charge < -0.3 is 60.8 Å². The van der Waals surface area contributed by atoms with Crippen molar-refractivity contribution >= 4 is 65.3 Å². The molecule has 0 saturated carbocycles. The molecule has 0 radical (unpaired) electrons. The molecule has 0 bridgehead atoms. The quantitative estimate of drug-likeness (QED) is 0.0161. The number of carbonyl (C=O) groups excluding carboxylic acids is 9. The first-order chi connectivity index (χ1) is 48.6. The molecular formula is C85H130Cl2N4O18. The van der Waals surface area contributed by atoms with Crippen LogP contribution < -0.4 is 18.1 Å². The molecule has 0 fully saturated rings. The van der Waals surface area contributed by atoms with Crippen LogP contribution in [0.4, 0.5) is 0 Å². The van der Waals surface area contributed by atoms with Crippen molar-refractivity contribution in [2.24, 2.45) is 0 Å². The Morgan fingerprint density at radius 2 is 0.505 bits per heavy atom. The van der Waals surface area contributed by atoms with Crippen LogP contribution in [0.2, 0.25) is 0 Å². The first kappa shape index (κ1) is 111. The maximum absolute atomic E-state index is 12.6. The first-order valence-corrected chi connectivity index (χ1v) is 34.1. The van der Waals surface area contributed by atoms with Crippen molar-refractivity contribution in [3.63, 3.8) is 0 Å². The highest BCUT2D eigenvalue weighted by Gasteiger charge is 2.34. The largest absolute Gasteiger partial charge is 1.00 e.